The van der Waals surface area contributed by atoms with Crippen molar-refractivity contribution in [3.63, 3.8) is 0 Å². The van der Waals surface area contributed by atoms with Gasteiger partial charge in [0.05, 0.1) is 0 Å². The van der Waals surface area contributed by atoms with Gasteiger partial charge in [-0.25, -0.2) is 9.97 Å². The fourth-order valence-electron chi connectivity index (χ4n) is 1.70. The summed E-state index contributed by atoms with van der Waals surface area (Å²) in [4.78, 5) is 32.4. The van der Waals surface area contributed by atoms with E-state index in [1.807, 2.05) is 6.26 Å². The number of rotatable bonds is 3. The van der Waals surface area contributed by atoms with Crippen LogP contribution in [-0.2, 0) is 16.6 Å². The largest absolute Gasteiger partial charge is 0.455 e. The number of thioether (sulfide) groups is 1. The molecule has 2 rings (SSSR count). The van der Waals surface area contributed by atoms with Crippen molar-refractivity contribution in [3.05, 3.63) is 16.2 Å². The van der Waals surface area contributed by atoms with E-state index in [0.717, 1.165) is 4.34 Å². The van der Waals surface area contributed by atoms with E-state index in [4.69, 9.17) is 4.74 Å². The molecular weight excluding hydrogens is 286 g/mol. The summed E-state index contributed by atoms with van der Waals surface area (Å²) >= 11 is 2.83. The molecule has 0 saturated heterocycles. The molecule has 0 radical (unpaired) electrons. The first-order valence-corrected chi connectivity index (χ1v) is 7.56. The van der Waals surface area contributed by atoms with E-state index in [1.165, 1.54) is 34.6 Å². The Labute approximate surface area is 117 Å². The molecule has 0 aromatic carbocycles. The number of nitrogens with zero attached hydrogens (tertiary/aromatic N) is 3. The summed E-state index contributed by atoms with van der Waals surface area (Å²) in [5.74, 6) is 0.0138. The lowest BCUT2D eigenvalue weighted by molar-refractivity contribution is -0.146. The molecule has 102 valence electrons. The fraction of sp³-hybridized carbons (Fsp3) is 0.455. The van der Waals surface area contributed by atoms with Gasteiger partial charge in [-0.1, -0.05) is 23.1 Å². The second kappa shape index (κ2) is 5.30. The summed E-state index contributed by atoms with van der Waals surface area (Å²) in [7, 11) is 1.60. The zero-order valence-corrected chi connectivity index (χ0v) is 12.6. The number of hydrogen-bond donors (Lipinski definition) is 0. The van der Waals surface area contributed by atoms with E-state index in [2.05, 4.69) is 9.97 Å². The summed E-state index contributed by atoms with van der Waals surface area (Å²) in [5, 5.41) is 0. The number of esters is 1. The van der Waals surface area contributed by atoms with Crippen LogP contribution in [0, 0.1) is 0 Å². The van der Waals surface area contributed by atoms with E-state index in [0.29, 0.717) is 16.2 Å². The second-order valence-corrected chi connectivity index (χ2v) is 5.95. The van der Waals surface area contributed by atoms with Gasteiger partial charge in [0.15, 0.2) is 26.6 Å². The number of fused-ring (bicyclic) bond motifs is 1. The van der Waals surface area contributed by atoms with Crippen molar-refractivity contribution in [1.29, 1.82) is 0 Å². The molecule has 0 spiro atoms. The lowest BCUT2D eigenvalue weighted by Gasteiger charge is -2.14. The predicted octanol–water partition coefficient (Wildman–Crippen LogP) is 1.74. The van der Waals surface area contributed by atoms with Gasteiger partial charge in [0.2, 0.25) is 0 Å². The normalized spacial score (nSPS) is 12.6. The maximum absolute atomic E-state index is 12.2. The summed E-state index contributed by atoms with van der Waals surface area (Å²) in [6.07, 6.45) is 1.32. The molecule has 8 heteroatoms. The van der Waals surface area contributed by atoms with Crippen LogP contribution in [0.15, 0.2) is 9.13 Å². The van der Waals surface area contributed by atoms with Crippen LogP contribution < -0.4 is 5.56 Å². The van der Waals surface area contributed by atoms with Crippen LogP contribution in [0.2, 0.25) is 0 Å². The van der Waals surface area contributed by atoms with E-state index >= 15 is 0 Å². The Morgan fingerprint density at radius 1 is 1.47 bits per heavy atom. The predicted molar refractivity (Wildman–Crippen MR) is 74.6 cm³/mol. The van der Waals surface area contributed by atoms with Gasteiger partial charge in [-0.2, -0.15) is 0 Å². The van der Waals surface area contributed by atoms with Crippen molar-refractivity contribution in [2.45, 2.75) is 24.3 Å². The molecule has 0 aliphatic carbocycles. The Morgan fingerprint density at radius 3 is 2.74 bits per heavy atom. The first-order valence-electron chi connectivity index (χ1n) is 5.52. The topological polar surface area (TPSA) is 74.1 Å². The summed E-state index contributed by atoms with van der Waals surface area (Å²) < 4.78 is 7.24. The van der Waals surface area contributed by atoms with Crippen molar-refractivity contribution in [1.82, 2.24) is 14.5 Å². The van der Waals surface area contributed by atoms with Gasteiger partial charge in [0.1, 0.15) is 0 Å². The highest BCUT2D eigenvalue weighted by Crippen LogP contribution is 2.26. The van der Waals surface area contributed by atoms with Crippen LogP contribution in [0.4, 0.5) is 0 Å². The minimum absolute atomic E-state index is 0.226. The average Bonchev–Trinajstić information content (AvgIpc) is 2.76. The maximum Gasteiger partial charge on any atom is 0.303 e. The van der Waals surface area contributed by atoms with Crippen molar-refractivity contribution in [2.75, 3.05) is 6.26 Å². The summed E-state index contributed by atoms with van der Waals surface area (Å²) in [5.41, 5.74) is 0.131. The molecule has 6 nitrogen and oxygen atoms in total. The molecular formula is C11H13N3O3S2. The molecule has 0 amide bonds. The van der Waals surface area contributed by atoms with Crippen molar-refractivity contribution < 1.29 is 9.53 Å². The maximum atomic E-state index is 12.2. The molecule has 19 heavy (non-hydrogen) atoms. The molecule has 0 fully saturated rings. The summed E-state index contributed by atoms with van der Waals surface area (Å²) in [6, 6.07) is 0. The molecule has 0 aliphatic heterocycles. The molecule has 2 heterocycles. The van der Waals surface area contributed by atoms with Crippen LogP contribution in [0.25, 0.3) is 10.3 Å². The minimum atomic E-state index is -0.570. The number of thiazole rings is 1. The third-order valence-corrected chi connectivity index (χ3v) is 4.47. The number of hydrogen-bond acceptors (Lipinski definition) is 7. The van der Waals surface area contributed by atoms with Crippen molar-refractivity contribution in [2.24, 2.45) is 7.05 Å². The van der Waals surface area contributed by atoms with Gasteiger partial charge in [-0.15, -0.1) is 0 Å². The van der Waals surface area contributed by atoms with E-state index in [-0.39, 0.29) is 5.56 Å². The van der Waals surface area contributed by atoms with Gasteiger partial charge in [0.25, 0.3) is 5.56 Å². The quantitative estimate of drug-likeness (QED) is 0.635. The van der Waals surface area contributed by atoms with Crippen LogP contribution >= 0.6 is 23.1 Å². The third kappa shape index (κ3) is 2.64. The number of carbonyl (C=O) groups is 1. The minimum Gasteiger partial charge on any atom is -0.455 e. The lowest BCUT2D eigenvalue weighted by Crippen LogP contribution is -2.24. The van der Waals surface area contributed by atoms with Crippen molar-refractivity contribution >= 4 is 39.4 Å². The zero-order chi connectivity index (χ0) is 14.2. The third-order valence-electron chi connectivity index (χ3n) is 2.54. The molecule has 2 aromatic heterocycles. The summed E-state index contributed by atoms with van der Waals surface area (Å²) in [6.45, 7) is 3.01. The molecule has 1 unspecified atom stereocenters. The van der Waals surface area contributed by atoms with E-state index in [1.54, 1.807) is 14.0 Å². The van der Waals surface area contributed by atoms with E-state index in [9.17, 15) is 9.59 Å². The smallest absolute Gasteiger partial charge is 0.303 e. The van der Waals surface area contributed by atoms with Crippen molar-refractivity contribution in [3.8, 4) is 0 Å². The first kappa shape index (κ1) is 14.0. The van der Waals surface area contributed by atoms with Gasteiger partial charge in [-0.05, 0) is 13.2 Å². The Hall–Kier alpha value is -1.41. The Morgan fingerprint density at radius 2 is 2.16 bits per heavy atom. The average molecular weight is 299 g/mol. The highest BCUT2D eigenvalue weighted by atomic mass is 32.2. The Balaban J connectivity index is 2.59. The second-order valence-electron chi connectivity index (χ2n) is 3.92. The Kier molecular flexibility index (Phi) is 3.91. The monoisotopic (exact) mass is 299 g/mol. The number of carbonyl (C=O) groups excluding carboxylic acids is 1. The molecule has 1 atom stereocenters. The highest BCUT2D eigenvalue weighted by Gasteiger charge is 2.19. The first-order chi connectivity index (χ1) is 8.93. The standard InChI is InChI=1S/C11H13N3O3S2/c1-5(17-6(2)15)8-13-9-7(10(16)14(8)3)12-11(18-4)19-9/h5H,1-4H3. The van der Waals surface area contributed by atoms with Gasteiger partial charge >= 0.3 is 5.97 Å². The van der Waals surface area contributed by atoms with Crippen LogP contribution in [0.1, 0.15) is 25.8 Å². The molecule has 0 saturated carbocycles. The SMILES string of the molecule is CSc1nc2c(=O)n(C)c(C(C)OC(C)=O)nc2s1. The Bertz CT molecular complexity index is 692. The zero-order valence-electron chi connectivity index (χ0n) is 11.0. The van der Waals surface area contributed by atoms with Gasteiger partial charge < -0.3 is 4.74 Å². The molecule has 0 bridgehead atoms. The molecule has 0 N–H and O–H groups in total. The van der Waals surface area contributed by atoms with E-state index < -0.39 is 12.1 Å². The van der Waals surface area contributed by atoms with Crippen LogP contribution in [0.5, 0.6) is 0 Å². The molecule has 2 aromatic rings. The van der Waals surface area contributed by atoms with Crippen LogP contribution in [-0.4, -0.2) is 26.8 Å². The van der Waals surface area contributed by atoms with Gasteiger partial charge in [0, 0.05) is 14.0 Å². The molecule has 0 aliphatic rings. The number of aromatic nitrogens is 3. The lowest BCUT2D eigenvalue weighted by atomic mass is 10.3. The fourth-order valence-corrected chi connectivity index (χ4v) is 3.13. The number of ether oxygens (including phenoxy) is 1. The van der Waals surface area contributed by atoms with Crippen LogP contribution in [0.3, 0.4) is 0 Å². The highest BCUT2D eigenvalue weighted by molar-refractivity contribution is 8.00. The van der Waals surface area contributed by atoms with Gasteiger partial charge in [-0.3, -0.25) is 14.2 Å².